The summed E-state index contributed by atoms with van der Waals surface area (Å²) < 4.78 is 29.3. The van der Waals surface area contributed by atoms with Crippen LogP contribution >= 0.6 is 0 Å². The van der Waals surface area contributed by atoms with Gasteiger partial charge in [-0.15, -0.1) is 0 Å². The highest BCUT2D eigenvalue weighted by atomic mass is 19.1. The van der Waals surface area contributed by atoms with Crippen molar-refractivity contribution in [1.82, 2.24) is 24.6 Å². The number of pyridine rings is 1. The number of urea groups is 1. The molecule has 2 saturated heterocycles. The maximum atomic E-state index is 15.0. The van der Waals surface area contributed by atoms with Gasteiger partial charge in [0.25, 0.3) is 0 Å². The van der Waals surface area contributed by atoms with E-state index < -0.39 is 17.7 Å². The molecule has 1 saturated carbocycles. The van der Waals surface area contributed by atoms with Gasteiger partial charge in [0.05, 0.1) is 6.04 Å². The number of benzene rings is 2. The van der Waals surface area contributed by atoms with E-state index in [1.165, 1.54) is 6.07 Å². The molecule has 0 unspecified atom stereocenters. The summed E-state index contributed by atoms with van der Waals surface area (Å²) in [6.45, 7) is 2.75. The van der Waals surface area contributed by atoms with Crippen molar-refractivity contribution in [3.63, 3.8) is 0 Å². The average Bonchev–Trinajstić information content (AvgIpc) is 3.48. The van der Waals surface area contributed by atoms with E-state index in [-0.39, 0.29) is 28.6 Å². The van der Waals surface area contributed by atoms with Crippen LogP contribution in [-0.2, 0) is 6.54 Å². The highest BCUT2D eigenvalue weighted by Crippen LogP contribution is 2.41. The molecule has 3 aromatic rings. The second-order valence-electron chi connectivity index (χ2n) is 12.7. The molecule has 3 aliphatic rings. The number of aromatic amines is 1. The van der Waals surface area contributed by atoms with Crippen molar-refractivity contribution in [2.75, 3.05) is 40.3 Å². The van der Waals surface area contributed by atoms with Crippen LogP contribution in [0.4, 0.5) is 13.6 Å². The fraction of sp³-hybridized carbons (Fsp3) is 0.471. The summed E-state index contributed by atoms with van der Waals surface area (Å²) in [5.74, 6) is -0.981. The molecule has 2 amide bonds. The molecule has 1 N–H and O–H groups in total. The minimum Gasteiger partial charge on any atom is -0.361 e. The number of carbonyl (C=O) groups is 1. The number of nitrogens with one attached hydrogen (secondary N) is 1. The van der Waals surface area contributed by atoms with Gasteiger partial charge < -0.3 is 19.7 Å². The first-order valence-electron chi connectivity index (χ1n) is 15.4. The number of hydrogen-bond donors (Lipinski definition) is 1. The van der Waals surface area contributed by atoms with Crippen LogP contribution in [0.5, 0.6) is 0 Å². The van der Waals surface area contributed by atoms with Crippen LogP contribution in [0.3, 0.4) is 0 Å². The minimum atomic E-state index is -0.538. The second-order valence-corrected chi connectivity index (χ2v) is 12.7. The Bertz CT molecular complexity index is 1500. The van der Waals surface area contributed by atoms with E-state index in [9.17, 15) is 14.0 Å². The van der Waals surface area contributed by atoms with Crippen molar-refractivity contribution in [3.05, 3.63) is 93.8 Å². The van der Waals surface area contributed by atoms with Crippen LogP contribution in [-0.4, -0.2) is 82.5 Å². The molecule has 43 heavy (non-hydrogen) atoms. The fourth-order valence-corrected chi connectivity index (χ4v) is 7.44. The Hall–Kier alpha value is -3.56. The Morgan fingerprint density at radius 1 is 1.02 bits per heavy atom. The van der Waals surface area contributed by atoms with E-state index in [1.54, 1.807) is 11.0 Å². The number of piperazine rings is 1. The summed E-state index contributed by atoms with van der Waals surface area (Å²) in [5.41, 5.74) is 2.53. The first kappa shape index (κ1) is 29.5. The predicted octanol–water partition coefficient (Wildman–Crippen LogP) is 5.64. The summed E-state index contributed by atoms with van der Waals surface area (Å²) in [6.07, 6.45) is 7.23. The van der Waals surface area contributed by atoms with Gasteiger partial charge in [-0.2, -0.15) is 0 Å². The molecule has 0 radical (unpaired) electrons. The van der Waals surface area contributed by atoms with Crippen LogP contribution in [0.15, 0.2) is 65.6 Å². The van der Waals surface area contributed by atoms with Gasteiger partial charge in [0.1, 0.15) is 11.6 Å². The molecule has 2 aliphatic heterocycles. The van der Waals surface area contributed by atoms with E-state index in [2.05, 4.69) is 14.8 Å². The van der Waals surface area contributed by atoms with Gasteiger partial charge in [0.15, 0.2) is 5.43 Å². The number of H-pyrrole nitrogens is 1. The Morgan fingerprint density at radius 2 is 1.79 bits per heavy atom. The summed E-state index contributed by atoms with van der Waals surface area (Å²) in [4.78, 5) is 38.9. The van der Waals surface area contributed by atoms with E-state index >= 15 is 4.39 Å². The Labute approximate surface area is 252 Å². The summed E-state index contributed by atoms with van der Waals surface area (Å²) in [5, 5.41) is 0. The van der Waals surface area contributed by atoms with Gasteiger partial charge in [0, 0.05) is 73.4 Å². The number of nitrogens with zero attached hydrogens (tertiary/aromatic N) is 4. The molecule has 1 aromatic heterocycles. The monoisotopic (exact) mass is 589 g/mol. The summed E-state index contributed by atoms with van der Waals surface area (Å²) >= 11 is 0. The molecule has 9 heteroatoms. The van der Waals surface area contributed by atoms with E-state index in [1.807, 2.05) is 55.5 Å². The number of halogens is 2. The smallest absolute Gasteiger partial charge is 0.320 e. The van der Waals surface area contributed by atoms with Crippen LogP contribution < -0.4 is 5.43 Å². The van der Waals surface area contributed by atoms with E-state index in [0.29, 0.717) is 39.1 Å². The first-order valence-corrected chi connectivity index (χ1v) is 15.4. The van der Waals surface area contributed by atoms with Crippen LogP contribution in [0.1, 0.15) is 55.7 Å². The molecule has 3 fully saturated rings. The molecule has 3 heterocycles. The van der Waals surface area contributed by atoms with Gasteiger partial charge >= 0.3 is 6.03 Å². The van der Waals surface area contributed by atoms with Gasteiger partial charge in [-0.1, -0.05) is 43.2 Å². The van der Waals surface area contributed by atoms with Crippen molar-refractivity contribution in [1.29, 1.82) is 0 Å². The minimum absolute atomic E-state index is 0.00739. The number of amides is 2. The van der Waals surface area contributed by atoms with Gasteiger partial charge in [0.2, 0.25) is 0 Å². The number of aromatic nitrogens is 1. The van der Waals surface area contributed by atoms with Crippen molar-refractivity contribution >= 4 is 6.03 Å². The molecule has 1 spiro atoms. The van der Waals surface area contributed by atoms with Gasteiger partial charge in [-0.25, -0.2) is 13.6 Å². The van der Waals surface area contributed by atoms with Crippen LogP contribution in [0, 0.1) is 11.6 Å². The van der Waals surface area contributed by atoms with Crippen molar-refractivity contribution in [2.24, 2.45) is 0 Å². The third-order valence-electron chi connectivity index (χ3n) is 9.91. The lowest BCUT2D eigenvalue weighted by Gasteiger charge is -2.51. The Balaban J connectivity index is 1.22. The molecule has 0 bridgehead atoms. The standard InChI is InChI=1S/C34H41F2N5O2/c1-38(2)27-12-15-41(31(19-27)28-18-26(35)10-11-29(28)36)33(43)39-16-17-40(34(23-39)13-6-7-14-34)22-25-21-37-30(20-32(25)42)24-8-4-3-5-9-24/h3-5,8-11,18,20-21,27,31H,6-7,12-17,19,22-23H2,1-2H3,(H,37,42)/t27-,31+/m1/s1. The number of carbonyl (C=O) groups excluding carboxylic acids is 1. The number of likely N-dealkylation sites (tertiary alicyclic amines) is 1. The predicted molar refractivity (Wildman–Crippen MR) is 164 cm³/mol. The van der Waals surface area contributed by atoms with Crippen molar-refractivity contribution in [3.8, 4) is 11.3 Å². The van der Waals surface area contributed by atoms with Gasteiger partial charge in [-0.3, -0.25) is 9.69 Å². The molecule has 1 aliphatic carbocycles. The first-order chi connectivity index (χ1) is 20.7. The third kappa shape index (κ3) is 5.97. The van der Waals surface area contributed by atoms with Crippen molar-refractivity contribution in [2.45, 2.75) is 62.7 Å². The van der Waals surface area contributed by atoms with E-state index in [4.69, 9.17) is 0 Å². The lowest BCUT2D eigenvalue weighted by atomic mass is 9.89. The Morgan fingerprint density at radius 3 is 2.51 bits per heavy atom. The average molecular weight is 590 g/mol. The molecule has 7 nitrogen and oxygen atoms in total. The number of piperidine rings is 1. The van der Waals surface area contributed by atoms with Crippen LogP contribution in [0.2, 0.25) is 0 Å². The third-order valence-corrected chi connectivity index (χ3v) is 9.91. The molecule has 2 atom stereocenters. The van der Waals surface area contributed by atoms with E-state index in [0.717, 1.165) is 61.1 Å². The molecule has 6 rings (SSSR count). The lowest BCUT2D eigenvalue weighted by molar-refractivity contribution is -0.00414. The quantitative estimate of drug-likeness (QED) is 0.419. The fourth-order valence-electron chi connectivity index (χ4n) is 7.44. The highest BCUT2D eigenvalue weighted by Gasteiger charge is 2.46. The molecular weight excluding hydrogens is 548 g/mol. The SMILES string of the molecule is CN(C)[C@@H]1CCN(C(=O)N2CCN(Cc3c[nH]c(-c4ccccc4)cc3=O)C3(CCCC3)C2)[C@H](c2cc(F)ccc2F)C1. The summed E-state index contributed by atoms with van der Waals surface area (Å²) in [6, 6.07) is 14.5. The topological polar surface area (TPSA) is 62.9 Å². The maximum absolute atomic E-state index is 15.0. The number of hydrogen-bond acceptors (Lipinski definition) is 4. The van der Waals surface area contributed by atoms with Gasteiger partial charge in [-0.05, 0) is 63.5 Å². The normalized spacial score (nSPS) is 22.4. The highest BCUT2D eigenvalue weighted by molar-refractivity contribution is 5.75. The summed E-state index contributed by atoms with van der Waals surface area (Å²) in [7, 11) is 3.98. The zero-order chi connectivity index (χ0) is 30.1. The lowest BCUT2D eigenvalue weighted by Crippen LogP contribution is -2.64. The maximum Gasteiger partial charge on any atom is 0.320 e. The zero-order valence-electron chi connectivity index (χ0n) is 25.1. The largest absolute Gasteiger partial charge is 0.361 e. The number of rotatable bonds is 5. The van der Waals surface area contributed by atoms with Crippen molar-refractivity contribution < 1.29 is 13.6 Å². The second kappa shape index (κ2) is 12.2. The zero-order valence-corrected chi connectivity index (χ0v) is 25.1. The Kier molecular flexibility index (Phi) is 8.38. The van der Waals surface area contributed by atoms with Crippen LogP contribution in [0.25, 0.3) is 11.3 Å². The molecular formula is C34H41F2N5O2. The molecule has 228 valence electrons. The molecule has 2 aromatic carbocycles.